The van der Waals surface area contributed by atoms with Crippen molar-refractivity contribution in [2.75, 3.05) is 19.6 Å². The topological polar surface area (TPSA) is 52.6 Å². The maximum absolute atomic E-state index is 10.9. The van der Waals surface area contributed by atoms with Crippen molar-refractivity contribution in [3.63, 3.8) is 0 Å². The molecule has 2 aliphatic rings. The van der Waals surface area contributed by atoms with Crippen molar-refractivity contribution >= 4 is 6.09 Å². The number of nitrogens with one attached hydrogen (secondary N) is 1. The van der Waals surface area contributed by atoms with Crippen molar-refractivity contribution in [2.24, 2.45) is 10.8 Å². The summed E-state index contributed by atoms with van der Waals surface area (Å²) in [5, 5.41) is 12.4. The first-order valence-corrected chi connectivity index (χ1v) is 5.56. The minimum Gasteiger partial charge on any atom is -0.465 e. The van der Waals surface area contributed by atoms with Crippen molar-refractivity contribution in [3.05, 3.63) is 0 Å². The van der Waals surface area contributed by atoms with Crippen LogP contribution >= 0.6 is 0 Å². The normalized spacial score (nSPS) is 35.7. The fourth-order valence-electron chi connectivity index (χ4n) is 3.16. The molecule has 0 aromatic rings. The van der Waals surface area contributed by atoms with Gasteiger partial charge in [0.1, 0.15) is 0 Å². The largest absolute Gasteiger partial charge is 0.465 e. The van der Waals surface area contributed by atoms with Crippen LogP contribution in [0, 0.1) is 10.8 Å². The fourth-order valence-corrected chi connectivity index (χ4v) is 3.16. The molecule has 2 rings (SSSR count). The van der Waals surface area contributed by atoms with E-state index in [0.717, 1.165) is 13.0 Å². The summed E-state index contributed by atoms with van der Waals surface area (Å²) in [5.41, 5.74) is 0.420. The van der Waals surface area contributed by atoms with Crippen LogP contribution < -0.4 is 5.32 Å². The Balaban J connectivity index is 2.08. The molecule has 4 heteroatoms. The number of carbonyl (C=O) groups is 1. The molecule has 0 bridgehead atoms. The third-order valence-electron chi connectivity index (χ3n) is 3.79. The van der Waals surface area contributed by atoms with E-state index in [1.165, 1.54) is 0 Å². The van der Waals surface area contributed by atoms with Crippen LogP contribution in [-0.2, 0) is 0 Å². The molecule has 2 aliphatic heterocycles. The monoisotopic (exact) mass is 212 g/mol. The van der Waals surface area contributed by atoms with Gasteiger partial charge >= 0.3 is 6.09 Å². The number of likely N-dealkylation sites (tertiary alicyclic amines) is 1. The number of carboxylic acid groups (broad SMARTS) is 1. The van der Waals surface area contributed by atoms with Gasteiger partial charge in [0.25, 0.3) is 0 Å². The number of rotatable bonds is 0. The van der Waals surface area contributed by atoms with E-state index >= 15 is 0 Å². The molecule has 0 aromatic carbocycles. The Morgan fingerprint density at radius 3 is 2.53 bits per heavy atom. The molecule has 4 nitrogen and oxygen atoms in total. The molecule has 2 saturated heterocycles. The molecule has 86 valence electrons. The van der Waals surface area contributed by atoms with Gasteiger partial charge in [-0.25, -0.2) is 4.79 Å². The first kappa shape index (κ1) is 10.7. The first-order valence-electron chi connectivity index (χ1n) is 5.56. The van der Waals surface area contributed by atoms with Crippen LogP contribution in [0.4, 0.5) is 4.79 Å². The Hall–Kier alpha value is -0.770. The Morgan fingerprint density at radius 2 is 2.20 bits per heavy atom. The third-order valence-corrected chi connectivity index (χ3v) is 3.79. The van der Waals surface area contributed by atoms with Crippen molar-refractivity contribution < 1.29 is 9.90 Å². The van der Waals surface area contributed by atoms with E-state index in [2.05, 4.69) is 26.1 Å². The molecular weight excluding hydrogens is 192 g/mol. The Labute approximate surface area is 90.6 Å². The highest BCUT2D eigenvalue weighted by Crippen LogP contribution is 2.46. The van der Waals surface area contributed by atoms with Crippen molar-refractivity contribution in [2.45, 2.75) is 33.2 Å². The van der Waals surface area contributed by atoms with Crippen LogP contribution in [0.5, 0.6) is 0 Å². The zero-order chi connectivity index (χ0) is 11.3. The van der Waals surface area contributed by atoms with E-state index in [1.807, 2.05) is 0 Å². The second-order valence-electron chi connectivity index (χ2n) is 6.00. The SMILES string of the molecule is CC(C)(C)[C@@H]1NC[C@@]12CCN(C(=O)O)C2. The fraction of sp³-hybridized carbons (Fsp3) is 0.909. The highest BCUT2D eigenvalue weighted by molar-refractivity contribution is 5.65. The molecule has 1 amide bonds. The van der Waals surface area contributed by atoms with Crippen LogP contribution in [0.1, 0.15) is 27.2 Å². The minimum atomic E-state index is -0.772. The lowest BCUT2D eigenvalue weighted by atomic mass is 9.63. The van der Waals surface area contributed by atoms with Crippen molar-refractivity contribution in [1.29, 1.82) is 0 Å². The van der Waals surface area contributed by atoms with Gasteiger partial charge in [-0.15, -0.1) is 0 Å². The lowest BCUT2D eigenvalue weighted by molar-refractivity contribution is 0.0152. The maximum atomic E-state index is 10.9. The Kier molecular flexibility index (Phi) is 2.23. The second kappa shape index (κ2) is 3.11. The lowest BCUT2D eigenvalue weighted by Crippen LogP contribution is -2.68. The molecule has 2 heterocycles. The number of hydrogen-bond acceptors (Lipinski definition) is 2. The van der Waals surface area contributed by atoms with Crippen LogP contribution in [0.25, 0.3) is 0 Å². The van der Waals surface area contributed by atoms with E-state index in [4.69, 9.17) is 5.11 Å². The standard InChI is InChI=1S/C11H20N2O2/c1-10(2,3)8-11(6-12-8)4-5-13(7-11)9(14)15/h8,12H,4-7H2,1-3H3,(H,14,15)/t8-,11+/m0/s1. The van der Waals surface area contributed by atoms with E-state index in [1.54, 1.807) is 4.90 Å². The predicted octanol–water partition coefficient (Wildman–Crippen LogP) is 1.37. The van der Waals surface area contributed by atoms with Gasteiger partial charge in [0.05, 0.1) is 0 Å². The third kappa shape index (κ3) is 1.61. The molecule has 15 heavy (non-hydrogen) atoms. The van der Waals surface area contributed by atoms with Crippen molar-refractivity contribution in [3.8, 4) is 0 Å². The van der Waals surface area contributed by atoms with Gasteiger partial charge in [-0.3, -0.25) is 0 Å². The zero-order valence-electron chi connectivity index (χ0n) is 9.71. The van der Waals surface area contributed by atoms with Gasteiger partial charge in [-0.1, -0.05) is 20.8 Å². The highest BCUT2D eigenvalue weighted by atomic mass is 16.4. The van der Waals surface area contributed by atoms with E-state index in [9.17, 15) is 4.79 Å². The van der Waals surface area contributed by atoms with Gasteiger partial charge in [0.2, 0.25) is 0 Å². The van der Waals surface area contributed by atoms with Gasteiger partial charge in [0, 0.05) is 31.1 Å². The average Bonchev–Trinajstić information content (AvgIpc) is 2.44. The lowest BCUT2D eigenvalue weighted by Gasteiger charge is -2.54. The average molecular weight is 212 g/mol. The summed E-state index contributed by atoms with van der Waals surface area (Å²) < 4.78 is 0. The van der Waals surface area contributed by atoms with Gasteiger partial charge in [-0.05, 0) is 11.8 Å². The van der Waals surface area contributed by atoms with Crippen LogP contribution in [-0.4, -0.2) is 41.8 Å². The zero-order valence-corrected chi connectivity index (χ0v) is 9.71. The van der Waals surface area contributed by atoms with E-state index in [0.29, 0.717) is 19.1 Å². The minimum absolute atomic E-state index is 0.205. The summed E-state index contributed by atoms with van der Waals surface area (Å²) in [6.45, 7) is 9.03. The molecule has 2 atom stereocenters. The highest BCUT2D eigenvalue weighted by Gasteiger charge is 2.55. The number of hydrogen-bond donors (Lipinski definition) is 2. The Bertz CT molecular complexity index is 285. The van der Waals surface area contributed by atoms with E-state index < -0.39 is 6.09 Å². The quantitative estimate of drug-likeness (QED) is 0.637. The molecule has 1 spiro atoms. The number of amides is 1. The molecule has 0 aliphatic carbocycles. The molecule has 2 fully saturated rings. The van der Waals surface area contributed by atoms with Gasteiger partial charge in [-0.2, -0.15) is 0 Å². The molecule has 0 saturated carbocycles. The summed E-state index contributed by atoms with van der Waals surface area (Å²) in [4.78, 5) is 12.4. The molecule has 0 aromatic heterocycles. The summed E-state index contributed by atoms with van der Waals surface area (Å²) >= 11 is 0. The van der Waals surface area contributed by atoms with Gasteiger partial charge in [0.15, 0.2) is 0 Å². The maximum Gasteiger partial charge on any atom is 0.407 e. The van der Waals surface area contributed by atoms with Crippen LogP contribution in [0.3, 0.4) is 0 Å². The molecule has 0 radical (unpaired) electrons. The van der Waals surface area contributed by atoms with Crippen LogP contribution in [0.15, 0.2) is 0 Å². The summed E-state index contributed by atoms with van der Waals surface area (Å²) in [5.74, 6) is 0. The first-order chi connectivity index (χ1) is 6.85. The Morgan fingerprint density at radius 1 is 1.53 bits per heavy atom. The number of nitrogens with zero attached hydrogens (tertiary/aromatic N) is 1. The molecule has 2 N–H and O–H groups in total. The van der Waals surface area contributed by atoms with Crippen molar-refractivity contribution in [1.82, 2.24) is 10.2 Å². The van der Waals surface area contributed by atoms with Crippen LogP contribution in [0.2, 0.25) is 0 Å². The molecule has 0 unspecified atom stereocenters. The summed E-state index contributed by atoms with van der Waals surface area (Å²) in [6, 6.07) is 0.453. The van der Waals surface area contributed by atoms with E-state index in [-0.39, 0.29) is 10.8 Å². The summed E-state index contributed by atoms with van der Waals surface area (Å²) in [6.07, 6.45) is 0.236. The van der Waals surface area contributed by atoms with Gasteiger partial charge < -0.3 is 15.3 Å². The summed E-state index contributed by atoms with van der Waals surface area (Å²) in [7, 11) is 0. The predicted molar refractivity (Wildman–Crippen MR) is 57.9 cm³/mol. The second-order valence-corrected chi connectivity index (χ2v) is 6.00. The molecular formula is C11H20N2O2. The smallest absolute Gasteiger partial charge is 0.407 e.